The molecule has 3 aromatic rings. The minimum Gasteiger partial charge on any atom is -0.497 e. The molecule has 0 atom stereocenters. The molecular formula is C22H18Cl2N2O3. The quantitative estimate of drug-likeness (QED) is 0.407. The van der Waals surface area contributed by atoms with Crippen molar-refractivity contribution in [2.45, 2.75) is 6.61 Å². The number of hydrazone groups is 1. The van der Waals surface area contributed by atoms with Crippen molar-refractivity contribution in [2.75, 3.05) is 7.11 Å². The second-order valence-corrected chi connectivity index (χ2v) is 6.81. The van der Waals surface area contributed by atoms with Crippen LogP contribution in [0, 0.1) is 0 Å². The molecule has 0 bridgehead atoms. The molecule has 0 aromatic heterocycles. The summed E-state index contributed by atoms with van der Waals surface area (Å²) in [7, 11) is 1.57. The van der Waals surface area contributed by atoms with E-state index in [1.165, 1.54) is 6.21 Å². The zero-order valence-corrected chi connectivity index (χ0v) is 17.1. The lowest BCUT2D eigenvalue weighted by Gasteiger charge is -2.09. The number of halogens is 2. The standard InChI is InChI=1S/C22H18Cl2N2O3/c1-28-18-9-7-16(8-10-18)22(27)26-25-13-15-6-11-21(20(24)12-15)29-14-17-4-2-3-5-19(17)23/h2-13H,14H2,1H3,(H,26,27)/b25-13-. The van der Waals surface area contributed by atoms with Crippen LogP contribution in [-0.2, 0) is 6.61 Å². The number of nitrogens with one attached hydrogen (secondary N) is 1. The number of nitrogens with zero attached hydrogens (tertiary/aromatic N) is 1. The topological polar surface area (TPSA) is 59.9 Å². The van der Waals surface area contributed by atoms with Gasteiger partial charge in [0.25, 0.3) is 5.91 Å². The fraction of sp³-hybridized carbons (Fsp3) is 0.0909. The minimum atomic E-state index is -0.324. The van der Waals surface area contributed by atoms with Crippen molar-refractivity contribution in [3.05, 3.63) is 93.5 Å². The van der Waals surface area contributed by atoms with Crippen LogP contribution in [0.3, 0.4) is 0 Å². The molecule has 0 unspecified atom stereocenters. The number of carbonyl (C=O) groups is 1. The molecule has 0 aliphatic carbocycles. The number of methoxy groups -OCH3 is 1. The van der Waals surface area contributed by atoms with Crippen molar-refractivity contribution in [1.29, 1.82) is 0 Å². The molecular weight excluding hydrogens is 411 g/mol. The molecule has 3 rings (SSSR count). The predicted octanol–water partition coefficient (Wildman–Crippen LogP) is 5.34. The molecule has 1 N–H and O–H groups in total. The Balaban J connectivity index is 1.57. The fourth-order valence-electron chi connectivity index (χ4n) is 2.46. The number of ether oxygens (including phenoxy) is 2. The Bertz CT molecular complexity index is 1020. The van der Waals surface area contributed by atoms with E-state index in [9.17, 15) is 4.79 Å². The van der Waals surface area contributed by atoms with Gasteiger partial charge in [-0.05, 0) is 54.1 Å². The van der Waals surface area contributed by atoms with Gasteiger partial charge in [-0.1, -0.05) is 41.4 Å². The van der Waals surface area contributed by atoms with Crippen molar-refractivity contribution in [3.63, 3.8) is 0 Å². The summed E-state index contributed by atoms with van der Waals surface area (Å²) in [5.74, 6) is 0.886. The lowest BCUT2D eigenvalue weighted by atomic mass is 10.2. The highest BCUT2D eigenvalue weighted by atomic mass is 35.5. The van der Waals surface area contributed by atoms with Crippen LogP contribution in [0.2, 0.25) is 10.0 Å². The summed E-state index contributed by atoms with van der Waals surface area (Å²) >= 11 is 12.4. The normalized spacial score (nSPS) is 10.7. The second-order valence-electron chi connectivity index (χ2n) is 6.00. The van der Waals surface area contributed by atoms with Crippen molar-refractivity contribution >= 4 is 35.3 Å². The van der Waals surface area contributed by atoms with E-state index in [4.69, 9.17) is 32.7 Å². The first-order valence-electron chi connectivity index (χ1n) is 8.70. The molecule has 0 fully saturated rings. The average Bonchev–Trinajstić information content (AvgIpc) is 2.74. The average molecular weight is 429 g/mol. The van der Waals surface area contributed by atoms with Gasteiger partial charge >= 0.3 is 0 Å². The Kier molecular flexibility index (Phi) is 7.11. The highest BCUT2D eigenvalue weighted by Gasteiger charge is 2.06. The first kappa shape index (κ1) is 20.7. The van der Waals surface area contributed by atoms with E-state index in [-0.39, 0.29) is 5.91 Å². The molecule has 148 valence electrons. The Morgan fingerprint density at radius 2 is 1.79 bits per heavy atom. The number of rotatable bonds is 7. The molecule has 0 heterocycles. The van der Waals surface area contributed by atoms with Crippen LogP contribution in [0.4, 0.5) is 0 Å². The maximum atomic E-state index is 12.1. The van der Waals surface area contributed by atoms with Crippen LogP contribution in [0.25, 0.3) is 0 Å². The Morgan fingerprint density at radius 3 is 2.48 bits per heavy atom. The van der Waals surface area contributed by atoms with Gasteiger partial charge in [-0.25, -0.2) is 5.43 Å². The van der Waals surface area contributed by atoms with E-state index >= 15 is 0 Å². The van der Waals surface area contributed by atoms with Crippen molar-refractivity contribution < 1.29 is 14.3 Å². The summed E-state index contributed by atoms with van der Waals surface area (Å²) in [6.07, 6.45) is 1.51. The van der Waals surface area contributed by atoms with Crippen molar-refractivity contribution in [1.82, 2.24) is 5.43 Å². The van der Waals surface area contributed by atoms with Gasteiger partial charge in [-0.3, -0.25) is 4.79 Å². The molecule has 0 saturated carbocycles. The third-order valence-corrected chi connectivity index (χ3v) is 4.69. The third-order valence-electron chi connectivity index (χ3n) is 4.03. The highest BCUT2D eigenvalue weighted by molar-refractivity contribution is 6.32. The van der Waals surface area contributed by atoms with Crippen LogP contribution in [0.5, 0.6) is 11.5 Å². The van der Waals surface area contributed by atoms with Gasteiger partial charge in [-0.2, -0.15) is 5.10 Å². The van der Waals surface area contributed by atoms with E-state index in [2.05, 4.69) is 10.5 Å². The van der Waals surface area contributed by atoms with Crippen LogP contribution in [0.1, 0.15) is 21.5 Å². The zero-order valence-electron chi connectivity index (χ0n) is 15.6. The summed E-state index contributed by atoms with van der Waals surface area (Å²) in [6.45, 7) is 0.310. The maximum Gasteiger partial charge on any atom is 0.271 e. The Hall–Kier alpha value is -3.02. The van der Waals surface area contributed by atoms with Gasteiger partial charge in [0, 0.05) is 16.1 Å². The summed E-state index contributed by atoms with van der Waals surface area (Å²) in [5, 5.41) is 5.04. The summed E-state index contributed by atoms with van der Waals surface area (Å²) in [6, 6.07) is 19.4. The predicted molar refractivity (Wildman–Crippen MR) is 115 cm³/mol. The van der Waals surface area contributed by atoms with E-state index in [1.54, 1.807) is 49.6 Å². The van der Waals surface area contributed by atoms with Crippen LogP contribution >= 0.6 is 23.2 Å². The molecule has 29 heavy (non-hydrogen) atoms. The van der Waals surface area contributed by atoms with Crippen molar-refractivity contribution in [2.24, 2.45) is 5.10 Å². The Morgan fingerprint density at radius 1 is 1.03 bits per heavy atom. The van der Waals surface area contributed by atoms with Gasteiger partial charge in [0.05, 0.1) is 18.3 Å². The van der Waals surface area contributed by atoms with Gasteiger partial charge in [0.2, 0.25) is 0 Å². The summed E-state index contributed by atoms with van der Waals surface area (Å²) < 4.78 is 10.8. The monoisotopic (exact) mass is 428 g/mol. The van der Waals surface area contributed by atoms with E-state index in [1.807, 2.05) is 24.3 Å². The smallest absolute Gasteiger partial charge is 0.271 e. The van der Waals surface area contributed by atoms with E-state index < -0.39 is 0 Å². The molecule has 7 heteroatoms. The molecule has 0 radical (unpaired) electrons. The van der Waals surface area contributed by atoms with Gasteiger partial charge in [0.15, 0.2) is 0 Å². The number of hydrogen-bond acceptors (Lipinski definition) is 4. The van der Waals surface area contributed by atoms with Crippen LogP contribution in [-0.4, -0.2) is 19.2 Å². The maximum absolute atomic E-state index is 12.1. The molecule has 0 saturated heterocycles. The SMILES string of the molecule is COc1ccc(C(=O)N/N=C\c2ccc(OCc3ccccc3Cl)c(Cl)c2)cc1. The first-order chi connectivity index (χ1) is 14.1. The number of amides is 1. The summed E-state index contributed by atoms with van der Waals surface area (Å²) in [4.78, 5) is 12.1. The lowest BCUT2D eigenvalue weighted by Crippen LogP contribution is -2.17. The zero-order chi connectivity index (χ0) is 20.6. The number of benzene rings is 3. The Labute approximate surface area is 178 Å². The third kappa shape index (κ3) is 5.73. The molecule has 3 aromatic carbocycles. The van der Waals surface area contributed by atoms with Crippen LogP contribution in [0.15, 0.2) is 71.8 Å². The number of hydrogen-bond donors (Lipinski definition) is 1. The van der Waals surface area contributed by atoms with E-state index in [0.717, 1.165) is 11.1 Å². The summed E-state index contributed by atoms with van der Waals surface area (Å²) in [5.41, 5.74) is 4.54. The van der Waals surface area contributed by atoms with Gasteiger partial charge in [0.1, 0.15) is 18.1 Å². The molecule has 0 aliphatic heterocycles. The minimum absolute atomic E-state index is 0.310. The second kappa shape index (κ2) is 9.96. The molecule has 1 amide bonds. The lowest BCUT2D eigenvalue weighted by molar-refractivity contribution is 0.0955. The molecule has 5 nitrogen and oxygen atoms in total. The van der Waals surface area contributed by atoms with E-state index in [0.29, 0.717) is 33.7 Å². The molecule has 0 spiro atoms. The van der Waals surface area contributed by atoms with Gasteiger partial charge < -0.3 is 9.47 Å². The molecule has 0 aliphatic rings. The van der Waals surface area contributed by atoms with Crippen molar-refractivity contribution in [3.8, 4) is 11.5 Å². The largest absolute Gasteiger partial charge is 0.497 e. The first-order valence-corrected chi connectivity index (χ1v) is 9.45. The number of carbonyl (C=O) groups excluding carboxylic acids is 1. The van der Waals surface area contributed by atoms with Crippen LogP contribution < -0.4 is 14.9 Å². The van der Waals surface area contributed by atoms with Gasteiger partial charge in [-0.15, -0.1) is 0 Å². The fourth-order valence-corrected chi connectivity index (χ4v) is 2.89. The highest BCUT2D eigenvalue weighted by Crippen LogP contribution is 2.27.